The minimum atomic E-state index is -0.381. The number of aromatic hydroxyl groups is 1. The summed E-state index contributed by atoms with van der Waals surface area (Å²) in [6.07, 6.45) is 1.66. The van der Waals surface area contributed by atoms with Crippen LogP contribution >= 0.6 is 23.2 Å². The lowest BCUT2D eigenvalue weighted by atomic mass is 10.3. The number of carbonyl (C=O) groups is 1. The molecule has 0 fully saturated rings. The van der Waals surface area contributed by atoms with Gasteiger partial charge in [-0.3, -0.25) is 9.48 Å². The van der Waals surface area contributed by atoms with Crippen molar-refractivity contribution in [1.82, 2.24) is 9.78 Å². The lowest BCUT2D eigenvalue weighted by molar-refractivity contribution is 0.102. The Kier molecular flexibility index (Phi) is 3.45. The van der Waals surface area contributed by atoms with Crippen LogP contribution in [-0.4, -0.2) is 20.8 Å². The van der Waals surface area contributed by atoms with Crippen molar-refractivity contribution >= 4 is 34.8 Å². The zero-order valence-electron chi connectivity index (χ0n) is 9.32. The average molecular weight is 286 g/mol. The molecule has 1 aromatic carbocycles. The SMILES string of the molecule is Cn1ccc(C(=O)Nc2cc(Cl)c(O)c(Cl)c2)n1. The second-order valence-electron chi connectivity index (χ2n) is 3.62. The van der Waals surface area contributed by atoms with Gasteiger partial charge in [0.1, 0.15) is 0 Å². The Balaban J connectivity index is 2.22. The fourth-order valence-electron chi connectivity index (χ4n) is 1.37. The van der Waals surface area contributed by atoms with Gasteiger partial charge in [-0.05, 0) is 18.2 Å². The number of aromatic nitrogens is 2. The molecule has 0 unspecified atom stereocenters. The topological polar surface area (TPSA) is 67.2 Å². The van der Waals surface area contributed by atoms with Crippen LogP contribution in [-0.2, 0) is 7.05 Å². The van der Waals surface area contributed by atoms with Gasteiger partial charge in [0.2, 0.25) is 0 Å². The van der Waals surface area contributed by atoms with Gasteiger partial charge in [-0.25, -0.2) is 0 Å². The van der Waals surface area contributed by atoms with E-state index in [0.29, 0.717) is 5.69 Å². The summed E-state index contributed by atoms with van der Waals surface area (Å²) in [5.74, 6) is -0.595. The molecular weight excluding hydrogens is 277 g/mol. The molecule has 0 saturated carbocycles. The Hall–Kier alpha value is -1.72. The lowest BCUT2D eigenvalue weighted by Crippen LogP contribution is -2.13. The Morgan fingerprint density at radius 3 is 2.50 bits per heavy atom. The summed E-state index contributed by atoms with van der Waals surface area (Å²) in [5.41, 5.74) is 0.663. The number of benzene rings is 1. The molecule has 18 heavy (non-hydrogen) atoms. The van der Waals surface area contributed by atoms with E-state index in [2.05, 4.69) is 10.4 Å². The first-order valence-electron chi connectivity index (χ1n) is 4.96. The van der Waals surface area contributed by atoms with Crippen LogP contribution in [0.1, 0.15) is 10.5 Å². The van der Waals surface area contributed by atoms with Crippen molar-refractivity contribution in [2.45, 2.75) is 0 Å². The number of anilines is 1. The second kappa shape index (κ2) is 4.88. The maximum Gasteiger partial charge on any atom is 0.276 e. The number of phenolic OH excluding ortho intramolecular Hbond substituents is 1. The van der Waals surface area contributed by atoms with Crippen LogP contribution in [0.15, 0.2) is 24.4 Å². The molecule has 0 radical (unpaired) electrons. The zero-order valence-corrected chi connectivity index (χ0v) is 10.8. The third kappa shape index (κ3) is 2.57. The molecule has 5 nitrogen and oxygen atoms in total. The van der Waals surface area contributed by atoms with Crippen molar-refractivity contribution < 1.29 is 9.90 Å². The largest absolute Gasteiger partial charge is 0.505 e. The Labute approximate surface area is 113 Å². The summed E-state index contributed by atoms with van der Waals surface area (Å²) in [7, 11) is 1.71. The smallest absolute Gasteiger partial charge is 0.276 e. The number of halogens is 2. The number of nitrogens with zero attached hydrogens (tertiary/aromatic N) is 2. The molecule has 0 spiro atoms. The third-order valence-corrected chi connectivity index (χ3v) is 2.80. The van der Waals surface area contributed by atoms with Crippen LogP contribution in [0.2, 0.25) is 10.0 Å². The number of rotatable bonds is 2. The van der Waals surface area contributed by atoms with E-state index in [1.165, 1.54) is 16.8 Å². The first kappa shape index (κ1) is 12.7. The van der Waals surface area contributed by atoms with Crippen molar-refractivity contribution in [3.8, 4) is 5.75 Å². The maximum absolute atomic E-state index is 11.8. The van der Waals surface area contributed by atoms with E-state index in [-0.39, 0.29) is 27.4 Å². The minimum Gasteiger partial charge on any atom is -0.505 e. The molecule has 0 atom stereocenters. The summed E-state index contributed by atoms with van der Waals surface area (Å²) < 4.78 is 1.52. The van der Waals surface area contributed by atoms with Crippen molar-refractivity contribution in [3.05, 3.63) is 40.1 Å². The molecule has 94 valence electrons. The van der Waals surface area contributed by atoms with E-state index in [0.717, 1.165) is 0 Å². The molecule has 1 amide bonds. The molecule has 0 aliphatic rings. The van der Waals surface area contributed by atoms with E-state index in [1.54, 1.807) is 19.3 Å². The highest BCUT2D eigenvalue weighted by molar-refractivity contribution is 6.37. The van der Waals surface area contributed by atoms with Gasteiger partial charge in [0, 0.05) is 18.9 Å². The van der Waals surface area contributed by atoms with E-state index >= 15 is 0 Å². The summed E-state index contributed by atoms with van der Waals surface area (Å²) in [4.78, 5) is 11.8. The van der Waals surface area contributed by atoms with Crippen molar-refractivity contribution in [3.63, 3.8) is 0 Å². The number of nitrogens with one attached hydrogen (secondary N) is 1. The monoisotopic (exact) mass is 285 g/mol. The van der Waals surface area contributed by atoms with Crippen LogP contribution in [0, 0.1) is 0 Å². The lowest BCUT2D eigenvalue weighted by Gasteiger charge is -2.06. The van der Waals surface area contributed by atoms with Gasteiger partial charge in [-0.1, -0.05) is 23.2 Å². The quantitative estimate of drug-likeness (QED) is 0.834. The first-order valence-corrected chi connectivity index (χ1v) is 5.72. The molecule has 1 heterocycles. The van der Waals surface area contributed by atoms with E-state index in [1.807, 2.05) is 0 Å². The molecule has 0 saturated heterocycles. The molecule has 2 aromatic rings. The van der Waals surface area contributed by atoms with Crippen LogP contribution in [0.3, 0.4) is 0 Å². The van der Waals surface area contributed by atoms with Gasteiger partial charge in [0.25, 0.3) is 5.91 Å². The number of phenols is 1. The number of hydrogen-bond acceptors (Lipinski definition) is 3. The van der Waals surface area contributed by atoms with E-state index in [4.69, 9.17) is 23.2 Å². The van der Waals surface area contributed by atoms with Crippen molar-refractivity contribution in [2.24, 2.45) is 7.05 Å². The van der Waals surface area contributed by atoms with E-state index < -0.39 is 0 Å². The number of aryl methyl sites for hydroxylation is 1. The van der Waals surface area contributed by atoms with Gasteiger partial charge in [0.15, 0.2) is 11.4 Å². The van der Waals surface area contributed by atoms with Crippen molar-refractivity contribution in [1.29, 1.82) is 0 Å². The number of hydrogen-bond donors (Lipinski definition) is 2. The predicted octanol–water partition coefficient (Wildman–Crippen LogP) is 2.68. The fourth-order valence-corrected chi connectivity index (χ4v) is 1.86. The number of carbonyl (C=O) groups excluding carboxylic acids is 1. The second-order valence-corrected chi connectivity index (χ2v) is 4.43. The van der Waals surface area contributed by atoms with Gasteiger partial charge in [0.05, 0.1) is 10.0 Å². The van der Waals surface area contributed by atoms with Gasteiger partial charge in [-0.2, -0.15) is 5.10 Å². The van der Waals surface area contributed by atoms with E-state index in [9.17, 15) is 9.90 Å². The molecule has 2 N–H and O–H groups in total. The van der Waals surface area contributed by atoms with Gasteiger partial charge in [-0.15, -0.1) is 0 Å². The van der Waals surface area contributed by atoms with Crippen LogP contribution in [0.5, 0.6) is 5.75 Å². The maximum atomic E-state index is 11.8. The van der Waals surface area contributed by atoms with Crippen LogP contribution in [0.4, 0.5) is 5.69 Å². The van der Waals surface area contributed by atoms with Crippen LogP contribution in [0.25, 0.3) is 0 Å². The fraction of sp³-hybridized carbons (Fsp3) is 0.0909. The highest BCUT2D eigenvalue weighted by Gasteiger charge is 2.12. The molecule has 7 heteroatoms. The Morgan fingerprint density at radius 2 is 2.00 bits per heavy atom. The molecule has 0 aliphatic heterocycles. The average Bonchev–Trinajstić information content (AvgIpc) is 2.72. The third-order valence-electron chi connectivity index (χ3n) is 2.22. The minimum absolute atomic E-state index is 0.0684. The van der Waals surface area contributed by atoms with Gasteiger partial charge < -0.3 is 10.4 Å². The van der Waals surface area contributed by atoms with Crippen LogP contribution < -0.4 is 5.32 Å². The van der Waals surface area contributed by atoms with Gasteiger partial charge >= 0.3 is 0 Å². The zero-order chi connectivity index (χ0) is 13.3. The number of amides is 1. The molecule has 0 aliphatic carbocycles. The Bertz CT molecular complexity index is 587. The molecule has 1 aromatic heterocycles. The Morgan fingerprint density at radius 1 is 1.39 bits per heavy atom. The standard InChI is InChI=1S/C11H9Cl2N3O2/c1-16-3-2-9(15-16)11(18)14-6-4-7(12)10(17)8(13)5-6/h2-5,17H,1H3,(H,14,18). The van der Waals surface area contributed by atoms with Crippen molar-refractivity contribution in [2.75, 3.05) is 5.32 Å². The highest BCUT2D eigenvalue weighted by atomic mass is 35.5. The molecule has 2 rings (SSSR count). The summed E-state index contributed by atoms with van der Waals surface area (Å²) in [5, 5.41) is 16.1. The first-order chi connectivity index (χ1) is 8.47. The summed E-state index contributed by atoms with van der Waals surface area (Å²) in [6.45, 7) is 0. The molecular formula is C11H9Cl2N3O2. The summed E-state index contributed by atoms with van der Waals surface area (Å²) in [6, 6.07) is 4.40. The highest BCUT2D eigenvalue weighted by Crippen LogP contribution is 2.34. The normalized spacial score (nSPS) is 10.4. The predicted molar refractivity (Wildman–Crippen MR) is 69.3 cm³/mol. The summed E-state index contributed by atoms with van der Waals surface area (Å²) >= 11 is 11.5. The molecule has 0 bridgehead atoms.